The van der Waals surface area contributed by atoms with E-state index in [1.165, 1.54) is 23.1 Å². The summed E-state index contributed by atoms with van der Waals surface area (Å²) in [5, 5.41) is 0.680. The van der Waals surface area contributed by atoms with Gasteiger partial charge >= 0.3 is 0 Å². The van der Waals surface area contributed by atoms with E-state index in [-0.39, 0.29) is 11.0 Å². The first-order valence-electron chi connectivity index (χ1n) is 5.01. The number of imidazole rings is 1. The van der Waals surface area contributed by atoms with Gasteiger partial charge in [0.25, 0.3) is 0 Å². The van der Waals surface area contributed by atoms with E-state index < -0.39 is 0 Å². The van der Waals surface area contributed by atoms with Crippen LogP contribution >= 0.6 is 34.7 Å². The number of thiophene rings is 1. The third-order valence-electron chi connectivity index (χ3n) is 2.24. The minimum Gasteiger partial charge on any atom is -0.329 e. The number of rotatable bonds is 4. The highest BCUT2D eigenvalue weighted by molar-refractivity contribution is 8.00. The van der Waals surface area contributed by atoms with Gasteiger partial charge in [0.15, 0.2) is 10.9 Å². The predicted molar refractivity (Wildman–Crippen MR) is 72.2 cm³/mol. The average Bonchev–Trinajstić information content (AvgIpc) is 2.88. The van der Waals surface area contributed by atoms with Crippen molar-refractivity contribution in [2.24, 2.45) is 7.05 Å². The number of hydrogen-bond donors (Lipinski definition) is 0. The summed E-state index contributed by atoms with van der Waals surface area (Å²) in [5.74, 6) is 0.0925. The highest BCUT2D eigenvalue weighted by atomic mass is 35.5. The molecule has 0 saturated carbocycles. The molecule has 2 rings (SSSR count). The molecule has 0 spiro atoms. The average molecular weight is 287 g/mol. The van der Waals surface area contributed by atoms with Gasteiger partial charge in [-0.3, -0.25) is 4.79 Å². The van der Waals surface area contributed by atoms with Gasteiger partial charge < -0.3 is 4.57 Å². The first-order chi connectivity index (χ1) is 8.08. The lowest BCUT2D eigenvalue weighted by molar-refractivity contribution is 0.0997. The van der Waals surface area contributed by atoms with Gasteiger partial charge in [-0.1, -0.05) is 23.4 Å². The Morgan fingerprint density at radius 3 is 2.88 bits per heavy atom. The summed E-state index contributed by atoms with van der Waals surface area (Å²) in [6.07, 6.45) is 3.59. The van der Waals surface area contributed by atoms with Crippen LogP contribution in [0.4, 0.5) is 0 Å². The second-order valence-electron chi connectivity index (χ2n) is 3.55. The summed E-state index contributed by atoms with van der Waals surface area (Å²) in [6, 6.07) is 3.52. The van der Waals surface area contributed by atoms with Gasteiger partial charge in [0.1, 0.15) is 0 Å². The normalized spacial score (nSPS) is 12.6. The van der Waals surface area contributed by atoms with Gasteiger partial charge in [0.2, 0.25) is 0 Å². The van der Waals surface area contributed by atoms with E-state index in [0.29, 0.717) is 9.21 Å². The number of carbonyl (C=O) groups is 1. The maximum atomic E-state index is 12.1. The van der Waals surface area contributed by atoms with Gasteiger partial charge in [-0.2, -0.15) is 0 Å². The fraction of sp³-hybridized carbons (Fsp3) is 0.273. The van der Waals surface area contributed by atoms with Crippen molar-refractivity contribution in [2.45, 2.75) is 17.3 Å². The Morgan fingerprint density at radius 1 is 1.59 bits per heavy atom. The minimum absolute atomic E-state index is 0.0925. The zero-order chi connectivity index (χ0) is 12.4. The molecule has 0 fully saturated rings. The van der Waals surface area contributed by atoms with Crippen molar-refractivity contribution < 1.29 is 4.79 Å². The Balaban J connectivity index is 2.08. The second kappa shape index (κ2) is 5.25. The van der Waals surface area contributed by atoms with E-state index >= 15 is 0 Å². The molecule has 2 aromatic heterocycles. The smallest absolute Gasteiger partial charge is 0.185 e. The molecule has 1 atom stereocenters. The molecule has 2 heterocycles. The van der Waals surface area contributed by atoms with Gasteiger partial charge in [0, 0.05) is 19.4 Å². The predicted octanol–water partition coefficient (Wildman–Crippen LogP) is 3.50. The molecule has 17 heavy (non-hydrogen) atoms. The number of nitrogens with zero attached hydrogens (tertiary/aromatic N) is 2. The van der Waals surface area contributed by atoms with Crippen molar-refractivity contribution in [3.05, 3.63) is 33.7 Å². The topological polar surface area (TPSA) is 34.9 Å². The van der Waals surface area contributed by atoms with Crippen molar-refractivity contribution in [3.63, 3.8) is 0 Å². The standard InChI is InChI=1S/C11H11ClN2OS2/c1-7(16-11-13-5-6-14(11)2)10(15)8-3-4-9(12)17-8/h3-7H,1-2H3. The van der Waals surface area contributed by atoms with E-state index in [1.807, 2.05) is 24.7 Å². The van der Waals surface area contributed by atoms with Crippen LogP contribution in [0.25, 0.3) is 0 Å². The van der Waals surface area contributed by atoms with Crippen molar-refractivity contribution >= 4 is 40.5 Å². The van der Waals surface area contributed by atoms with Gasteiger partial charge in [-0.15, -0.1) is 11.3 Å². The molecular formula is C11H11ClN2OS2. The zero-order valence-corrected chi connectivity index (χ0v) is 11.8. The fourth-order valence-corrected chi connectivity index (χ4v) is 3.37. The summed E-state index contributed by atoms with van der Waals surface area (Å²) in [4.78, 5) is 17.0. The molecule has 0 N–H and O–H groups in total. The maximum absolute atomic E-state index is 12.1. The lowest BCUT2D eigenvalue weighted by Gasteiger charge is -2.08. The highest BCUT2D eigenvalue weighted by Gasteiger charge is 2.19. The Kier molecular flexibility index (Phi) is 3.91. The molecule has 0 aliphatic rings. The number of ketones is 1. The van der Waals surface area contributed by atoms with Gasteiger partial charge in [-0.25, -0.2) is 4.98 Å². The Bertz CT molecular complexity index is 535. The molecule has 0 radical (unpaired) electrons. The van der Waals surface area contributed by atoms with Crippen LogP contribution in [0.1, 0.15) is 16.6 Å². The van der Waals surface area contributed by atoms with E-state index in [2.05, 4.69) is 4.98 Å². The van der Waals surface area contributed by atoms with Crippen LogP contribution in [0, 0.1) is 0 Å². The van der Waals surface area contributed by atoms with Crippen LogP contribution in [-0.4, -0.2) is 20.6 Å². The Hall–Kier alpha value is -0.780. The molecule has 0 aliphatic heterocycles. The fourth-order valence-electron chi connectivity index (χ4n) is 1.32. The summed E-state index contributed by atoms with van der Waals surface area (Å²) in [5.41, 5.74) is 0. The largest absolute Gasteiger partial charge is 0.329 e. The number of halogens is 1. The molecule has 90 valence electrons. The van der Waals surface area contributed by atoms with E-state index in [1.54, 1.807) is 18.3 Å². The number of hydrogen-bond acceptors (Lipinski definition) is 4. The van der Waals surface area contributed by atoms with Crippen LogP contribution in [0.15, 0.2) is 29.7 Å². The summed E-state index contributed by atoms with van der Waals surface area (Å²) in [7, 11) is 1.91. The van der Waals surface area contributed by atoms with Crippen molar-refractivity contribution in [1.29, 1.82) is 0 Å². The maximum Gasteiger partial charge on any atom is 0.185 e. The van der Waals surface area contributed by atoms with Crippen molar-refractivity contribution in [3.8, 4) is 0 Å². The van der Waals surface area contributed by atoms with E-state index in [9.17, 15) is 4.79 Å². The van der Waals surface area contributed by atoms with E-state index in [4.69, 9.17) is 11.6 Å². The molecule has 0 amide bonds. The molecule has 0 aliphatic carbocycles. The first-order valence-corrected chi connectivity index (χ1v) is 7.09. The van der Waals surface area contributed by atoms with Gasteiger partial charge in [-0.05, 0) is 19.1 Å². The van der Waals surface area contributed by atoms with Crippen LogP contribution in [-0.2, 0) is 7.05 Å². The Morgan fingerprint density at radius 2 is 2.35 bits per heavy atom. The number of aryl methyl sites for hydroxylation is 1. The van der Waals surface area contributed by atoms with Crippen LogP contribution in [0.3, 0.4) is 0 Å². The molecule has 2 aromatic rings. The molecule has 1 unspecified atom stereocenters. The Labute approximate surface area is 113 Å². The summed E-state index contributed by atoms with van der Waals surface area (Å²) in [6.45, 7) is 1.88. The molecule has 0 bridgehead atoms. The molecule has 6 heteroatoms. The third-order valence-corrected chi connectivity index (χ3v) is 4.66. The van der Waals surface area contributed by atoms with Gasteiger partial charge in [0.05, 0.1) is 14.5 Å². The number of Topliss-reactive ketones (excluding diaryl/α,β-unsaturated/α-hetero) is 1. The molecule has 3 nitrogen and oxygen atoms in total. The summed E-state index contributed by atoms with van der Waals surface area (Å²) < 4.78 is 2.54. The SMILES string of the molecule is CC(Sc1nccn1C)C(=O)c1ccc(Cl)s1. The monoisotopic (exact) mass is 286 g/mol. The molecule has 0 aromatic carbocycles. The highest BCUT2D eigenvalue weighted by Crippen LogP contribution is 2.28. The number of thioether (sulfide) groups is 1. The first kappa shape index (κ1) is 12.7. The lowest BCUT2D eigenvalue weighted by atomic mass is 10.2. The lowest BCUT2D eigenvalue weighted by Crippen LogP contribution is -2.12. The minimum atomic E-state index is -0.161. The van der Waals surface area contributed by atoms with Crippen LogP contribution in [0.5, 0.6) is 0 Å². The number of aromatic nitrogens is 2. The zero-order valence-electron chi connectivity index (χ0n) is 9.38. The van der Waals surface area contributed by atoms with Crippen molar-refractivity contribution in [1.82, 2.24) is 9.55 Å². The number of carbonyl (C=O) groups excluding carboxylic acids is 1. The quantitative estimate of drug-likeness (QED) is 0.637. The molecular weight excluding hydrogens is 276 g/mol. The molecule has 0 saturated heterocycles. The third kappa shape index (κ3) is 2.91. The summed E-state index contributed by atoms with van der Waals surface area (Å²) >= 11 is 8.59. The van der Waals surface area contributed by atoms with Crippen molar-refractivity contribution in [2.75, 3.05) is 0 Å². The second-order valence-corrected chi connectivity index (χ2v) is 6.57. The van der Waals surface area contributed by atoms with E-state index in [0.717, 1.165) is 5.16 Å². The van der Waals surface area contributed by atoms with Crippen LogP contribution in [0.2, 0.25) is 4.34 Å². The van der Waals surface area contributed by atoms with Crippen LogP contribution < -0.4 is 0 Å².